The third kappa shape index (κ3) is 4.49. The van der Waals surface area contributed by atoms with Gasteiger partial charge in [0.25, 0.3) is 0 Å². The Morgan fingerprint density at radius 3 is 2.78 bits per heavy atom. The molecule has 1 fully saturated rings. The van der Waals surface area contributed by atoms with Crippen LogP contribution in [0.3, 0.4) is 0 Å². The Morgan fingerprint density at radius 2 is 2.06 bits per heavy atom. The Labute approximate surface area is 187 Å². The molecule has 2 heterocycles. The van der Waals surface area contributed by atoms with Crippen LogP contribution in [0.25, 0.3) is 10.9 Å². The van der Waals surface area contributed by atoms with E-state index in [4.69, 9.17) is 15.9 Å². The Kier molecular flexibility index (Phi) is 6.22. The second-order valence-corrected chi connectivity index (χ2v) is 7.44. The predicted octanol–water partition coefficient (Wildman–Crippen LogP) is 3.92. The molecule has 0 aliphatic carbocycles. The van der Waals surface area contributed by atoms with Crippen LogP contribution in [0, 0.1) is 12.3 Å². The van der Waals surface area contributed by atoms with Crippen molar-refractivity contribution in [2.45, 2.75) is 18.9 Å². The number of nitrogens with zero attached hydrogens (tertiary/aromatic N) is 3. The normalized spacial score (nSPS) is 13.9. The predicted molar refractivity (Wildman–Crippen MR) is 124 cm³/mol. The Morgan fingerprint density at radius 1 is 1.25 bits per heavy atom. The fraction of sp³-hybridized carbons (Fsp3) is 0.240. The highest BCUT2D eigenvalue weighted by Gasteiger charge is 2.24. The van der Waals surface area contributed by atoms with Crippen molar-refractivity contribution in [3.8, 4) is 23.8 Å². The summed E-state index contributed by atoms with van der Waals surface area (Å²) in [5.41, 5.74) is 2.34. The van der Waals surface area contributed by atoms with Crippen LogP contribution >= 0.6 is 0 Å². The number of likely N-dealkylation sites (tertiary alicyclic amines) is 1. The molecule has 0 saturated carbocycles. The van der Waals surface area contributed by atoms with Gasteiger partial charge in [0, 0.05) is 48.6 Å². The lowest BCUT2D eigenvalue weighted by Crippen LogP contribution is -2.41. The molecule has 0 atom stereocenters. The highest BCUT2D eigenvalue weighted by atomic mass is 16.5. The molecular weight excluding hydrogens is 404 g/mol. The summed E-state index contributed by atoms with van der Waals surface area (Å²) >= 11 is 0. The average molecular weight is 428 g/mol. The first kappa shape index (κ1) is 21.2. The molecule has 1 aliphatic rings. The van der Waals surface area contributed by atoms with Crippen LogP contribution in [0.2, 0.25) is 0 Å². The van der Waals surface area contributed by atoms with Gasteiger partial charge >= 0.3 is 0 Å². The summed E-state index contributed by atoms with van der Waals surface area (Å²) < 4.78 is 11.8. The van der Waals surface area contributed by atoms with Crippen molar-refractivity contribution in [1.29, 1.82) is 0 Å². The number of piperidine rings is 1. The highest BCUT2D eigenvalue weighted by Crippen LogP contribution is 2.36. The SMILES string of the molecule is C#Cc1cccc(Nc2ncnc3cc(OC)c(OC4CCN(C(=O)C=C)CC4)cc23)c1. The van der Waals surface area contributed by atoms with Gasteiger partial charge in [0.15, 0.2) is 11.5 Å². The van der Waals surface area contributed by atoms with Crippen molar-refractivity contribution in [2.75, 3.05) is 25.5 Å². The van der Waals surface area contributed by atoms with Crippen molar-refractivity contribution in [3.05, 3.63) is 60.9 Å². The maximum atomic E-state index is 11.8. The van der Waals surface area contributed by atoms with E-state index in [1.807, 2.05) is 36.4 Å². The molecule has 0 spiro atoms. The molecule has 7 nitrogen and oxygen atoms in total. The summed E-state index contributed by atoms with van der Waals surface area (Å²) in [5.74, 6) is 4.44. The molecule has 0 bridgehead atoms. The Bertz CT molecular complexity index is 1190. The topological polar surface area (TPSA) is 76.6 Å². The number of carbonyl (C=O) groups is 1. The van der Waals surface area contributed by atoms with Crippen molar-refractivity contribution in [2.24, 2.45) is 0 Å². The van der Waals surface area contributed by atoms with Crippen LogP contribution in [0.4, 0.5) is 11.5 Å². The van der Waals surface area contributed by atoms with Crippen molar-refractivity contribution < 1.29 is 14.3 Å². The molecule has 1 amide bonds. The van der Waals surface area contributed by atoms with Gasteiger partial charge in [-0.3, -0.25) is 4.79 Å². The molecule has 1 aliphatic heterocycles. The molecule has 0 radical (unpaired) electrons. The second kappa shape index (κ2) is 9.40. The molecule has 1 saturated heterocycles. The molecule has 3 aromatic rings. The zero-order chi connectivity index (χ0) is 22.5. The van der Waals surface area contributed by atoms with Gasteiger partial charge in [-0.1, -0.05) is 18.6 Å². The van der Waals surface area contributed by atoms with Gasteiger partial charge in [0.1, 0.15) is 18.2 Å². The third-order valence-corrected chi connectivity index (χ3v) is 5.43. The zero-order valence-electron chi connectivity index (χ0n) is 17.9. The highest BCUT2D eigenvalue weighted by molar-refractivity contribution is 5.93. The fourth-order valence-corrected chi connectivity index (χ4v) is 3.74. The monoisotopic (exact) mass is 428 g/mol. The molecule has 2 aromatic carbocycles. The smallest absolute Gasteiger partial charge is 0.245 e. The first-order chi connectivity index (χ1) is 15.6. The maximum Gasteiger partial charge on any atom is 0.245 e. The Balaban J connectivity index is 1.60. The van der Waals surface area contributed by atoms with Crippen molar-refractivity contribution >= 4 is 28.3 Å². The number of terminal acetylenes is 1. The van der Waals surface area contributed by atoms with Gasteiger partial charge in [-0.25, -0.2) is 9.97 Å². The number of methoxy groups -OCH3 is 1. The summed E-state index contributed by atoms with van der Waals surface area (Å²) in [4.78, 5) is 22.4. The molecule has 1 N–H and O–H groups in total. The summed E-state index contributed by atoms with van der Waals surface area (Å²) in [6.07, 6.45) is 9.81. The minimum Gasteiger partial charge on any atom is -0.493 e. The van der Waals surface area contributed by atoms with E-state index in [1.54, 1.807) is 12.0 Å². The van der Waals surface area contributed by atoms with E-state index in [9.17, 15) is 4.79 Å². The van der Waals surface area contributed by atoms with Crippen LogP contribution in [0.1, 0.15) is 18.4 Å². The number of amides is 1. The van der Waals surface area contributed by atoms with Gasteiger partial charge in [0.2, 0.25) is 5.91 Å². The minimum absolute atomic E-state index is 0.0245. The average Bonchev–Trinajstić information content (AvgIpc) is 2.84. The zero-order valence-corrected chi connectivity index (χ0v) is 17.9. The van der Waals surface area contributed by atoms with E-state index >= 15 is 0 Å². The standard InChI is InChI=1S/C25H24N4O3/c1-4-17-7-6-8-18(13-17)28-25-20-14-23(22(31-3)15-21(20)26-16-27-25)32-19-9-11-29(12-10-19)24(30)5-2/h1,5-8,13-16,19H,2,9-12H2,3H3,(H,26,27,28). The minimum atomic E-state index is -0.0477. The van der Waals surface area contributed by atoms with E-state index in [2.05, 4.69) is 27.8 Å². The van der Waals surface area contributed by atoms with Gasteiger partial charge < -0.3 is 19.7 Å². The number of carbonyl (C=O) groups excluding carboxylic acids is 1. The number of hydrogen-bond donors (Lipinski definition) is 1. The van der Waals surface area contributed by atoms with Crippen LogP contribution < -0.4 is 14.8 Å². The van der Waals surface area contributed by atoms with Crippen LogP contribution in [0.15, 0.2) is 55.4 Å². The number of aromatic nitrogens is 2. The summed E-state index contributed by atoms with van der Waals surface area (Å²) in [7, 11) is 1.60. The molecule has 1 aromatic heterocycles. The maximum absolute atomic E-state index is 11.8. The summed E-state index contributed by atoms with van der Waals surface area (Å²) in [6.45, 7) is 4.82. The van der Waals surface area contributed by atoms with Crippen LogP contribution in [-0.4, -0.2) is 47.1 Å². The third-order valence-electron chi connectivity index (χ3n) is 5.43. The van der Waals surface area contributed by atoms with Crippen molar-refractivity contribution in [1.82, 2.24) is 14.9 Å². The number of fused-ring (bicyclic) bond motifs is 1. The lowest BCUT2D eigenvalue weighted by atomic mass is 10.1. The lowest BCUT2D eigenvalue weighted by molar-refractivity contribution is -0.127. The Hall–Kier alpha value is -4.05. The van der Waals surface area contributed by atoms with Gasteiger partial charge in [-0.2, -0.15) is 0 Å². The van der Waals surface area contributed by atoms with Crippen molar-refractivity contribution in [3.63, 3.8) is 0 Å². The quantitative estimate of drug-likeness (QED) is 0.474. The molecule has 162 valence electrons. The van der Waals surface area contributed by atoms with E-state index in [0.717, 1.165) is 35.0 Å². The van der Waals surface area contributed by atoms with Gasteiger partial charge in [-0.05, 0) is 30.3 Å². The molecule has 4 rings (SSSR count). The molecule has 32 heavy (non-hydrogen) atoms. The fourth-order valence-electron chi connectivity index (χ4n) is 3.74. The number of rotatable bonds is 6. The first-order valence-electron chi connectivity index (χ1n) is 10.4. The number of benzene rings is 2. The lowest BCUT2D eigenvalue weighted by Gasteiger charge is -2.31. The largest absolute Gasteiger partial charge is 0.493 e. The second-order valence-electron chi connectivity index (χ2n) is 7.44. The number of nitrogens with one attached hydrogen (secondary N) is 1. The molecule has 0 unspecified atom stereocenters. The van der Waals surface area contributed by atoms with Crippen LogP contribution in [-0.2, 0) is 4.79 Å². The first-order valence-corrected chi connectivity index (χ1v) is 10.4. The summed E-state index contributed by atoms with van der Waals surface area (Å²) in [6, 6.07) is 11.3. The number of hydrogen-bond acceptors (Lipinski definition) is 6. The van der Waals surface area contributed by atoms with E-state index in [0.29, 0.717) is 30.4 Å². The van der Waals surface area contributed by atoms with E-state index in [1.165, 1.54) is 12.4 Å². The number of anilines is 2. The summed E-state index contributed by atoms with van der Waals surface area (Å²) in [5, 5.41) is 4.12. The van der Waals surface area contributed by atoms with Gasteiger partial charge in [0.05, 0.1) is 12.6 Å². The van der Waals surface area contributed by atoms with E-state index < -0.39 is 0 Å². The molecular formula is C25H24N4O3. The van der Waals surface area contributed by atoms with Gasteiger partial charge in [-0.15, -0.1) is 6.42 Å². The van der Waals surface area contributed by atoms with E-state index in [-0.39, 0.29) is 12.0 Å². The number of ether oxygens (including phenoxy) is 2. The molecule has 7 heteroatoms. The van der Waals surface area contributed by atoms with Crippen LogP contribution in [0.5, 0.6) is 11.5 Å².